The minimum atomic E-state index is -4.25. The first-order valence-corrected chi connectivity index (χ1v) is 4.51. The average Bonchev–Trinajstić information content (AvgIpc) is 2.15. The Bertz CT molecular complexity index is 332. The molecule has 1 heterocycles. The third-order valence-electron chi connectivity index (χ3n) is 2.42. The molecule has 0 saturated carbocycles. The van der Waals surface area contributed by atoms with E-state index in [-0.39, 0.29) is 6.54 Å². The topological polar surface area (TPSA) is 3.24 Å². The van der Waals surface area contributed by atoms with Crippen molar-refractivity contribution in [1.29, 1.82) is 0 Å². The van der Waals surface area contributed by atoms with Crippen molar-refractivity contribution in [3.05, 3.63) is 29.8 Å². The van der Waals surface area contributed by atoms with E-state index < -0.39 is 6.30 Å². The summed E-state index contributed by atoms with van der Waals surface area (Å²) < 4.78 is 37.6. The van der Waals surface area contributed by atoms with Crippen LogP contribution in [0, 0.1) is 0 Å². The van der Waals surface area contributed by atoms with Crippen LogP contribution in [0.25, 0.3) is 0 Å². The maximum atomic E-state index is 12.5. The van der Waals surface area contributed by atoms with Gasteiger partial charge >= 0.3 is 6.30 Å². The zero-order chi connectivity index (χ0) is 10.2. The molecule has 14 heavy (non-hydrogen) atoms. The molecule has 2 rings (SSSR count). The summed E-state index contributed by atoms with van der Waals surface area (Å²) in [4.78, 5) is 0.520. The van der Waals surface area contributed by atoms with Crippen LogP contribution >= 0.6 is 0 Å². The summed E-state index contributed by atoms with van der Waals surface area (Å²) in [5, 5.41) is 0. The summed E-state index contributed by atoms with van der Waals surface area (Å²) >= 11 is 0. The summed E-state index contributed by atoms with van der Waals surface area (Å²) in [5.41, 5.74) is 1.10. The molecule has 0 atom stereocenters. The van der Waals surface area contributed by atoms with Gasteiger partial charge in [-0.05, 0) is 24.5 Å². The molecule has 0 aliphatic carbocycles. The minimum absolute atomic E-state index is 0.0700. The molecule has 1 aliphatic heterocycles. The van der Waals surface area contributed by atoms with Crippen LogP contribution in [-0.2, 0) is 6.42 Å². The number of nitrogens with zero attached hydrogens (tertiary/aromatic N) is 1. The third-order valence-corrected chi connectivity index (χ3v) is 2.42. The summed E-state index contributed by atoms with van der Waals surface area (Å²) in [6.07, 6.45) is -2.95. The Morgan fingerprint density at radius 2 is 1.86 bits per heavy atom. The Morgan fingerprint density at radius 1 is 1.14 bits per heavy atom. The van der Waals surface area contributed by atoms with Crippen LogP contribution in [0.4, 0.5) is 18.9 Å². The predicted octanol–water partition coefficient (Wildman–Crippen LogP) is 2.96. The van der Waals surface area contributed by atoms with Gasteiger partial charge in [0.25, 0.3) is 0 Å². The number of alkyl halides is 3. The van der Waals surface area contributed by atoms with Gasteiger partial charge in [0.15, 0.2) is 0 Å². The number of fused-ring (bicyclic) bond motifs is 1. The molecule has 4 heteroatoms. The van der Waals surface area contributed by atoms with Crippen LogP contribution in [0.15, 0.2) is 24.3 Å². The first-order chi connectivity index (χ1) is 6.59. The van der Waals surface area contributed by atoms with Crippen molar-refractivity contribution in [2.75, 3.05) is 11.4 Å². The van der Waals surface area contributed by atoms with Gasteiger partial charge in [0, 0.05) is 12.2 Å². The fourth-order valence-electron chi connectivity index (χ4n) is 1.80. The Kier molecular flexibility index (Phi) is 2.13. The van der Waals surface area contributed by atoms with Crippen LogP contribution in [0.3, 0.4) is 0 Å². The third kappa shape index (κ3) is 1.56. The van der Waals surface area contributed by atoms with Gasteiger partial charge in [-0.1, -0.05) is 18.2 Å². The highest BCUT2D eigenvalue weighted by molar-refractivity contribution is 5.55. The van der Waals surface area contributed by atoms with E-state index in [2.05, 4.69) is 0 Å². The molecule has 0 saturated heterocycles. The predicted molar refractivity (Wildman–Crippen MR) is 48.2 cm³/mol. The van der Waals surface area contributed by atoms with Crippen molar-refractivity contribution in [1.82, 2.24) is 0 Å². The smallest absolute Gasteiger partial charge is 0.284 e. The lowest BCUT2D eigenvalue weighted by molar-refractivity contribution is -0.130. The molecule has 0 N–H and O–H groups in total. The maximum absolute atomic E-state index is 12.5. The second-order valence-corrected chi connectivity index (χ2v) is 3.35. The lowest BCUT2D eigenvalue weighted by atomic mass is 10.0. The Balaban J connectivity index is 2.41. The van der Waals surface area contributed by atoms with Crippen LogP contribution in [0.2, 0.25) is 0 Å². The molecule has 0 bridgehead atoms. The highest BCUT2D eigenvalue weighted by atomic mass is 19.4. The van der Waals surface area contributed by atoms with E-state index in [4.69, 9.17) is 0 Å². The largest absolute Gasteiger partial charge is 0.484 e. The van der Waals surface area contributed by atoms with E-state index in [1.54, 1.807) is 18.2 Å². The van der Waals surface area contributed by atoms with Crippen molar-refractivity contribution in [3.63, 3.8) is 0 Å². The van der Waals surface area contributed by atoms with Gasteiger partial charge in [0.05, 0.1) is 0 Å². The number of anilines is 1. The van der Waals surface area contributed by atoms with Crippen LogP contribution in [0.1, 0.15) is 12.0 Å². The summed E-state index contributed by atoms with van der Waals surface area (Å²) in [6.45, 7) is 0.0700. The van der Waals surface area contributed by atoms with E-state index in [0.29, 0.717) is 17.0 Å². The van der Waals surface area contributed by atoms with Crippen molar-refractivity contribution in [2.24, 2.45) is 0 Å². The Labute approximate surface area is 80.1 Å². The van der Waals surface area contributed by atoms with Gasteiger partial charge in [-0.2, -0.15) is 13.2 Å². The van der Waals surface area contributed by atoms with Crippen molar-refractivity contribution < 1.29 is 13.2 Å². The number of para-hydroxylation sites is 1. The Hall–Kier alpha value is -1.19. The van der Waals surface area contributed by atoms with E-state index in [0.717, 1.165) is 12.0 Å². The molecule has 76 valence electrons. The van der Waals surface area contributed by atoms with Gasteiger partial charge in [0.1, 0.15) is 0 Å². The van der Waals surface area contributed by atoms with Crippen LogP contribution in [-0.4, -0.2) is 12.8 Å². The van der Waals surface area contributed by atoms with Gasteiger partial charge in [0.2, 0.25) is 0 Å². The molecule has 1 nitrogen and oxygen atoms in total. The zero-order valence-corrected chi connectivity index (χ0v) is 7.51. The summed E-state index contributed by atoms with van der Waals surface area (Å²) in [7, 11) is 0. The fourth-order valence-corrected chi connectivity index (χ4v) is 1.80. The lowest BCUT2D eigenvalue weighted by Gasteiger charge is -2.32. The summed E-state index contributed by atoms with van der Waals surface area (Å²) in [6, 6.07) is 6.71. The van der Waals surface area contributed by atoms with Gasteiger partial charge < -0.3 is 0 Å². The molecule has 0 spiro atoms. The zero-order valence-electron chi connectivity index (χ0n) is 7.51. The maximum Gasteiger partial charge on any atom is 0.484 e. The molecule has 1 aliphatic rings. The highest BCUT2D eigenvalue weighted by Crippen LogP contribution is 2.34. The lowest BCUT2D eigenvalue weighted by Crippen LogP contribution is -2.41. The van der Waals surface area contributed by atoms with E-state index in [1.807, 2.05) is 0 Å². The normalized spacial score (nSPS) is 16.6. The monoisotopic (exact) mass is 201 g/mol. The number of benzene rings is 1. The number of aryl methyl sites for hydroxylation is 1. The van der Waals surface area contributed by atoms with Gasteiger partial charge in [-0.25, -0.2) is 0 Å². The molecule has 0 amide bonds. The minimum Gasteiger partial charge on any atom is -0.284 e. The second kappa shape index (κ2) is 3.19. The molecule has 1 aromatic rings. The molecular formula is C10H10F3N. The first kappa shape index (κ1) is 9.37. The second-order valence-electron chi connectivity index (χ2n) is 3.35. The molecular weight excluding hydrogens is 191 g/mol. The van der Waals surface area contributed by atoms with E-state index >= 15 is 0 Å². The van der Waals surface area contributed by atoms with Gasteiger partial charge in [-0.15, -0.1) is 0 Å². The molecule has 0 fully saturated rings. The average molecular weight is 201 g/mol. The van der Waals surface area contributed by atoms with E-state index in [9.17, 15) is 13.2 Å². The standard InChI is InChI=1S/C10H10F3N/c11-10(12,13)14-7-3-5-8-4-1-2-6-9(8)14/h1-2,4,6H,3,5,7H2. The molecule has 0 aromatic heterocycles. The number of hydrogen-bond acceptors (Lipinski definition) is 1. The number of halogens is 3. The molecule has 1 aromatic carbocycles. The Morgan fingerprint density at radius 3 is 2.57 bits per heavy atom. The number of rotatable bonds is 0. The van der Waals surface area contributed by atoms with Crippen LogP contribution in [0.5, 0.6) is 0 Å². The molecule has 0 unspecified atom stereocenters. The van der Waals surface area contributed by atoms with Crippen LogP contribution < -0.4 is 4.90 Å². The van der Waals surface area contributed by atoms with Crippen molar-refractivity contribution in [3.8, 4) is 0 Å². The first-order valence-electron chi connectivity index (χ1n) is 4.51. The summed E-state index contributed by atoms with van der Waals surface area (Å²) in [5.74, 6) is 0. The van der Waals surface area contributed by atoms with Crippen molar-refractivity contribution >= 4 is 5.69 Å². The molecule has 0 radical (unpaired) electrons. The SMILES string of the molecule is FC(F)(F)N1CCCc2ccccc21. The van der Waals surface area contributed by atoms with Gasteiger partial charge in [-0.3, -0.25) is 4.90 Å². The van der Waals surface area contributed by atoms with E-state index in [1.165, 1.54) is 6.07 Å². The fraction of sp³-hybridized carbons (Fsp3) is 0.400. The van der Waals surface area contributed by atoms with Crippen molar-refractivity contribution in [2.45, 2.75) is 19.1 Å². The quantitative estimate of drug-likeness (QED) is 0.583. The number of hydrogen-bond donors (Lipinski definition) is 0. The highest BCUT2D eigenvalue weighted by Gasteiger charge is 2.39.